The number of ketones is 1. The van der Waals surface area contributed by atoms with Gasteiger partial charge in [-0.3, -0.25) is 4.79 Å². The average molecular weight is 280 g/mol. The van der Waals surface area contributed by atoms with Crippen LogP contribution in [0, 0.1) is 0 Å². The molecule has 0 aromatic carbocycles. The molecule has 0 bridgehead atoms. The molecule has 58 valence electrons. The van der Waals surface area contributed by atoms with Gasteiger partial charge in [0.2, 0.25) is 0 Å². The van der Waals surface area contributed by atoms with Crippen LogP contribution in [0.15, 0.2) is 17.0 Å². The Morgan fingerprint density at radius 1 is 1.45 bits per heavy atom. The molecule has 5 heteroatoms. The van der Waals surface area contributed by atoms with Crippen molar-refractivity contribution in [1.82, 2.24) is 9.97 Å². The third-order valence-electron chi connectivity index (χ3n) is 1.04. The maximum absolute atomic E-state index is 11.1. The second kappa shape index (κ2) is 3.92. The zero-order chi connectivity index (χ0) is 8.27. The van der Waals surface area contributed by atoms with Gasteiger partial charge < -0.3 is 0 Å². The summed E-state index contributed by atoms with van der Waals surface area (Å²) in [4.78, 5) is 18.8. The first-order valence-corrected chi connectivity index (χ1v) is 4.73. The molecule has 0 fully saturated rings. The van der Waals surface area contributed by atoms with Crippen molar-refractivity contribution < 1.29 is 4.79 Å². The Kier molecular flexibility index (Phi) is 3.14. The van der Waals surface area contributed by atoms with Crippen LogP contribution < -0.4 is 0 Å². The van der Waals surface area contributed by atoms with E-state index in [0.29, 0.717) is 10.3 Å². The molecule has 0 N–H and O–H groups in total. The number of nitrogens with zero attached hydrogens (tertiary/aromatic N) is 2. The lowest BCUT2D eigenvalue weighted by Gasteiger charge is -1.96. The lowest BCUT2D eigenvalue weighted by atomic mass is 10.3. The van der Waals surface area contributed by atoms with E-state index in [1.54, 1.807) is 0 Å². The summed E-state index contributed by atoms with van der Waals surface area (Å²) in [7, 11) is 0. The smallest absolute Gasteiger partial charge is 0.194 e. The van der Waals surface area contributed by atoms with Crippen LogP contribution in [0.1, 0.15) is 10.5 Å². The molecular weight excluding hydrogens is 276 g/mol. The van der Waals surface area contributed by atoms with Gasteiger partial charge in [0.15, 0.2) is 5.78 Å². The van der Waals surface area contributed by atoms with Gasteiger partial charge in [0.1, 0.15) is 10.3 Å². The first-order chi connectivity index (χ1) is 5.25. The molecule has 0 radical (unpaired) electrons. The lowest BCUT2D eigenvalue weighted by Crippen LogP contribution is -2.04. The largest absolute Gasteiger partial charge is 0.291 e. The number of hydrogen-bond donors (Lipinski definition) is 0. The fraction of sp³-hybridized carbons (Fsp3) is 0.167. The van der Waals surface area contributed by atoms with Crippen molar-refractivity contribution in [1.29, 1.82) is 0 Å². The highest BCUT2D eigenvalue weighted by Crippen LogP contribution is 2.10. The van der Waals surface area contributed by atoms with E-state index in [1.165, 1.54) is 12.4 Å². The molecule has 0 saturated heterocycles. The number of hydrogen-bond acceptors (Lipinski definition) is 3. The zero-order valence-electron chi connectivity index (χ0n) is 5.42. The maximum Gasteiger partial charge on any atom is 0.194 e. The SMILES string of the molecule is O=C(CBr)c1nccnc1Br. The number of Topliss-reactive ketones (excluding diaryl/α,β-unsaturated/α-hetero) is 1. The topological polar surface area (TPSA) is 42.9 Å². The normalized spacial score (nSPS) is 9.64. The number of halogens is 2. The zero-order valence-corrected chi connectivity index (χ0v) is 8.59. The summed E-state index contributed by atoms with van der Waals surface area (Å²) in [6.07, 6.45) is 3.01. The molecule has 1 aromatic heterocycles. The summed E-state index contributed by atoms with van der Waals surface area (Å²) < 4.78 is 0.490. The molecule has 11 heavy (non-hydrogen) atoms. The number of rotatable bonds is 2. The van der Waals surface area contributed by atoms with E-state index >= 15 is 0 Å². The van der Waals surface area contributed by atoms with Crippen LogP contribution in [0.2, 0.25) is 0 Å². The molecule has 1 heterocycles. The van der Waals surface area contributed by atoms with E-state index in [2.05, 4.69) is 41.8 Å². The van der Waals surface area contributed by atoms with Crippen LogP contribution in [0.3, 0.4) is 0 Å². The molecule has 0 atom stereocenters. The summed E-state index contributed by atoms with van der Waals surface area (Å²) in [6, 6.07) is 0. The van der Waals surface area contributed by atoms with Crippen LogP contribution in [0.5, 0.6) is 0 Å². The van der Waals surface area contributed by atoms with Gasteiger partial charge in [0.05, 0.1) is 5.33 Å². The minimum Gasteiger partial charge on any atom is -0.291 e. The summed E-state index contributed by atoms with van der Waals surface area (Å²) in [6.45, 7) is 0. The fourth-order valence-corrected chi connectivity index (χ4v) is 1.28. The van der Waals surface area contributed by atoms with Gasteiger partial charge in [0.25, 0.3) is 0 Å². The second-order valence-electron chi connectivity index (χ2n) is 1.75. The first-order valence-electron chi connectivity index (χ1n) is 2.81. The van der Waals surface area contributed by atoms with Crippen molar-refractivity contribution in [2.45, 2.75) is 0 Å². The van der Waals surface area contributed by atoms with Gasteiger partial charge >= 0.3 is 0 Å². The van der Waals surface area contributed by atoms with Crippen molar-refractivity contribution >= 4 is 37.6 Å². The van der Waals surface area contributed by atoms with Crippen molar-refractivity contribution in [3.05, 3.63) is 22.7 Å². The van der Waals surface area contributed by atoms with Crippen LogP contribution >= 0.6 is 31.9 Å². The van der Waals surface area contributed by atoms with Gasteiger partial charge in [-0.05, 0) is 15.9 Å². The van der Waals surface area contributed by atoms with Crippen LogP contribution in [-0.2, 0) is 0 Å². The van der Waals surface area contributed by atoms with Crippen LogP contribution in [0.25, 0.3) is 0 Å². The van der Waals surface area contributed by atoms with Crippen molar-refractivity contribution in [2.75, 3.05) is 5.33 Å². The molecule has 0 spiro atoms. The minimum atomic E-state index is -0.0787. The summed E-state index contributed by atoms with van der Waals surface area (Å²) >= 11 is 6.17. The second-order valence-corrected chi connectivity index (χ2v) is 3.06. The molecule has 0 aliphatic rings. The molecule has 0 amide bonds. The van der Waals surface area contributed by atoms with Crippen LogP contribution in [-0.4, -0.2) is 21.1 Å². The molecule has 0 saturated carbocycles. The Labute approximate surface area is 80.5 Å². The predicted octanol–water partition coefficient (Wildman–Crippen LogP) is 1.82. The Hall–Kier alpha value is -0.290. The highest BCUT2D eigenvalue weighted by molar-refractivity contribution is 9.10. The third-order valence-corrected chi connectivity index (χ3v) is 2.13. The van der Waals surface area contributed by atoms with E-state index in [9.17, 15) is 4.79 Å². The highest BCUT2D eigenvalue weighted by Gasteiger charge is 2.09. The molecule has 0 aliphatic carbocycles. The first kappa shape index (κ1) is 8.80. The summed E-state index contributed by atoms with van der Waals surface area (Å²) in [5, 5.41) is 0.268. The predicted molar refractivity (Wildman–Crippen MR) is 47.9 cm³/mol. The standard InChI is InChI=1S/C6H4Br2N2O/c7-3-4(11)5-6(8)10-2-1-9-5/h1-2H,3H2. The Morgan fingerprint density at radius 3 is 2.64 bits per heavy atom. The molecule has 0 aliphatic heterocycles. The van der Waals surface area contributed by atoms with Crippen molar-refractivity contribution in [3.63, 3.8) is 0 Å². The van der Waals surface area contributed by atoms with Crippen molar-refractivity contribution in [3.8, 4) is 0 Å². The Bertz CT molecular complexity index is 277. The fourth-order valence-electron chi connectivity index (χ4n) is 0.571. The Balaban J connectivity index is 3.03. The van der Waals surface area contributed by atoms with Gasteiger partial charge in [-0.2, -0.15) is 0 Å². The van der Waals surface area contributed by atoms with Gasteiger partial charge in [0, 0.05) is 12.4 Å². The minimum absolute atomic E-state index is 0.0787. The van der Waals surface area contributed by atoms with Gasteiger partial charge in [-0.15, -0.1) is 0 Å². The molecular formula is C6H4Br2N2O. The number of alkyl halides is 1. The quantitative estimate of drug-likeness (QED) is 0.613. The number of carbonyl (C=O) groups is 1. The summed E-state index contributed by atoms with van der Waals surface area (Å²) in [5.41, 5.74) is 0.365. The van der Waals surface area contributed by atoms with E-state index in [4.69, 9.17) is 0 Å². The maximum atomic E-state index is 11.1. The van der Waals surface area contributed by atoms with E-state index in [-0.39, 0.29) is 11.1 Å². The van der Waals surface area contributed by atoms with Crippen LogP contribution in [0.4, 0.5) is 0 Å². The molecule has 0 unspecified atom stereocenters. The average Bonchev–Trinajstić information content (AvgIpc) is 2.04. The highest BCUT2D eigenvalue weighted by atomic mass is 79.9. The van der Waals surface area contributed by atoms with E-state index in [1.807, 2.05) is 0 Å². The molecule has 1 rings (SSSR count). The third kappa shape index (κ3) is 2.07. The van der Waals surface area contributed by atoms with E-state index < -0.39 is 0 Å². The molecule has 3 nitrogen and oxygen atoms in total. The van der Waals surface area contributed by atoms with E-state index in [0.717, 1.165) is 0 Å². The number of carbonyl (C=O) groups excluding carboxylic acids is 1. The van der Waals surface area contributed by atoms with Crippen molar-refractivity contribution in [2.24, 2.45) is 0 Å². The lowest BCUT2D eigenvalue weighted by molar-refractivity contribution is 0.101. The van der Waals surface area contributed by atoms with Gasteiger partial charge in [-0.25, -0.2) is 9.97 Å². The molecule has 1 aromatic rings. The Morgan fingerprint density at radius 2 is 2.09 bits per heavy atom. The van der Waals surface area contributed by atoms with Gasteiger partial charge in [-0.1, -0.05) is 15.9 Å². The number of aromatic nitrogens is 2. The monoisotopic (exact) mass is 278 g/mol. The summed E-state index contributed by atoms with van der Waals surface area (Å²) in [5.74, 6) is -0.0787.